The van der Waals surface area contributed by atoms with Gasteiger partial charge in [0, 0.05) is 12.0 Å². The molecule has 0 aliphatic carbocycles. The molecule has 1 atom stereocenters. The summed E-state index contributed by atoms with van der Waals surface area (Å²) in [6.45, 7) is 7.39. The molecule has 1 unspecified atom stereocenters. The normalized spacial score (nSPS) is 12.6. The van der Waals surface area contributed by atoms with E-state index in [1.807, 2.05) is 0 Å². The zero-order valence-electron chi connectivity index (χ0n) is 9.72. The van der Waals surface area contributed by atoms with Crippen molar-refractivity contribution < 1.29 is 14.0 Å². The van der Waals surface area contributed by atoms with Crippen molar-refractivity contribution in [3.05, 3.63) is 12.2 Å². The zero-order valence-corrected chi connectivity index (χ0v) is 9.72. The fraction of sp³-hybridized carbons (Fsp3) is 0.700. The van der Waals surface area contributed by atoms with Gasteiger partial charge in [0.05, 0.1) is 21.1 Å². The van der Waals surface area contributed by atoms with Crippen LogP contribution in [0.25, 0.3) is 0 Å². The predicted octanol–water partition coefficient (Wildman–Crippen LogP) is -1.87. The van der Waals surface area contributed by atoms with Gasteiger partial charge in [-0.2, -0.15) is 0 Å². The lowest BCUT2D eigenvalue weighted by Gasteiger charge is -2.33. The lowest BCUT2D eigenvalue weighted by molar-refractivity contribution is -0.898. The van der Waals surface area contributed by atoms with Gasteiger partial charge in [0.2, 0.25) is 0 Å². The quantitative estimate of drug-likeness (QED) is 0.324. The van der Waals surface area contributed by atoms with E-state index in [0.717, 1.165) is 10.9 Å². The van der Waals surface area contributed by atoms with E-state index >= 15 is 0 Å². The molecule has 3 nitrogen and oxygen atoms in total. The molecule has 14 heavy (non-hydrogen) atoms. The van der Waals surface area contributed by atoms with Crippen molar-refractivity contribution in [3.8, 4) is 0 Å². The number of hydrogen-bond donors (Lipinski definition) is 1. The second-order valence-corrected chi connectivity index (χ2v) is 4.29. The number of rotatable bonds is 4. The van der Waals surface area contributed by atoms with Crippen molar-refractivity contribution in [2.24, 2.45) is 0 Å². The van der Waals surface area contributed by atoms with E-state index in [1.54, 1.807) is 6.92 Å². The monoisotopic (exact) mass is 204 g/mol. The van der Waals surface area contributed by atoms with Crippen LogP contribution in [-0.4, -0.2) is 37.7 Å². The first-order valence-corrected chi connectivity index (χ1v) is 4.56. The first kappa shape index (κ1) is 15.6. The number of carbonyl (C=O) groups excluding carboxylic acids is 1. The molecule has 0 saturated heterocycles. The fourth-order valence-electron chi connectivity index (χ4n) is 1.12. The summed E-state index contributed by atoms with van der Waals surface area (Å²) in [5, 5.41) is 2.94. The number of nitrogens with one attached hydrogen (secondary N) is 1. The molecule has 0 aromatic carbocycles. The zero-order chi connectivity index (χ0) is 10.6. The van der Waals surface area contributed by atoms with Crippen LogP contribution in [0, 0.1) is 0 Å². The Morgan fingerprint density at radius 3 is 2.07 bits per heavy atom. The number of amides is 1. The van der Waals surface area contributed by atoms with Gasteiger partial charge in [-0.25, -0.2) is 0 Å². The molecule has 0 aliphatic heterocycles. The molecular formula is C10H21FN2O. The van der Waals surface area contributed by atoms with Crippen LogP contribution < -0.4 is 10.0 Å². The fourth-order valence-corrected chi connectivity index (χ4v) is 1.12. The average Bonchev–Trinajstić information content (AvgIpc) is 1.96. The Morgan fingerprint density at radius 1 is 1.43 bits per heavy atom. The molecule has 0 heterocycles. The predicted molar refractivity (Wildman–Crippen MR) is 55.1 cm³/mol. The summed E-state index contributed by atoms with van der Waals surface area (Å²) in [5.74, 6) is -0.0556. The van der Waals surface area contributed by atoms with E-state index in [1.165, 1.54) is 0 Å². The molecule has 0 aliphatic rings. The molecule has 1 N–H and O–H groups in total. The SMILES string of the molecule is C=C(C)C(=O)NC(CC)[N+](C)(C)C.[F-]. The number of halogens is 1. The first-order valence-electron chi connectivity index (χ1n) is 4.56. The minimum atomic E-state index is -0.0556. The third-order valence-electron chi connectivity index (χ3n) is 2.01. The van der Waals surface area contributed by atoms with E-state index in [-0.39, 0.29) is 16.8 Å². The van der Waals surface area contributed by atoms with Gasteiger partial charge in [-0.05, 0) is 6.92 Å². The summed E-state index contributed by atoms with van der Waals surface area (Å²) in [6.07, 6.45) is 1.08. The Hall–Kier alpha value is -0.900. The topological polar surface area (TPSA) is 29.1 Å². The molecule has 0 aromatic heterocycles. The van der Waals surface area contributed by atoms with Gasteiger partial charge < -0.3 is 14.5 Å². The molecule has 0 spiro atoms. The highest BCUT2D eigenvalue weighted by Crippen LogP contribution is 2.04. The van der Waals surface area contributed by atoms with Crippen LogP contribution in [0.2, 0.25) is 0 Å². The Morgan fingerprint density at radius 2 is 1.86 bits per heavy atom. The molecule has 0 rings (SSSR count). The minimum absolute atomic E-state index is 0. The average molecular weight is 204 g/mol. The van der Waals surface area contributed by atoms with Crippen LogP contribution in [0.4, 0.5) is 0 Å². The van der Waals surface area contributed by atoms with Gasteiger partial charge in [0.15, 0.2) is 6.17 Å². The highest BCUT2D eigenvalue weighted by molar-refractivity contribution is 5.92. The van der Waals surface area contributed by atoms with Crippen molar-refractivity contribution in [2.75, 3.05) is 21.1 Å². The van der Waals surface area contributed by atoms with Crippen molar-refractivity contribution in [2.45, 2.75) is 26.4 Å². The maximum Gasteiger partial charge on any atom is 0.250 e. The summed E-state index contributed by atoms with van der Waals surface area (Å²) < 4.78 is 0.732. The number of hydrogen-bond acceptors (Lipinski definition) is 1. The standard InChI is InChI=1S/C10H20N2O.FH/c1-7-9(12(4,5)6)11-10(13)8(2)3;/h9H,2,7H2,1,3-6H3;1H. The van der Waals surface area contributed by atoms with Gasteiger partial charge >= 0.3 is 0 Å². The maximum atomic E-state index is 11.3. The molecular weight excluding hydrogens is 183 g/mol. The van der Waals surface area contributed by atoms with Crippen LogP contribution in [0.5, 0.6) is 0 Å². The third-order valence-corrected chi connectivity index (χ3v) is 2.01. The van der Waals surface area contributed by atoms with Gasteiger partial charge in [-0.1, -0.05) is 13.5 Å². The van der Waals surface area contributed by atoms with Crippen LogP contribution in [0.3, 0.4) is 0 Å². The summed E-state index contributed by atoms with van der Waals surface area (Å²) >= 11 is 0. The van der Waals surface area contributed by atoms with Crippen LogP contribution in [0.15, 0.2) is 12.2 Å². The summed E-state index contributed by atoms with van der Waals surface area (Å²) in [6, 6.07) is 0. The second kappa shape index (κ2) is 5.75. The summed E-state index contributed by atoms with van der Waals surface area (Å²) in [4.78, 5) is 11.3. The highest BCUT2D eigenvalue weighted by atomic mass is 19.0. The summed E-state index contributed by atoms with van der Waals surface area (Å²) in [7, 11) is 6.19. The second-order valence-electron chi connectivity index (χ2n) is 4.29. The first-order chi connectivity index (χ1) is 5.79. The van der Waals surface area contributed by atoms with Gasteiger partial charge in [-0.3, -0.25) is 4.79 Å². The third kappa shape index (κ3) is 4.97. The minimum Gasteiger partial charge on any atom is -1.00 e. The Kier molecular flexibility index (Phi) is 6.40. The lowest BCUT2D eigenvalue weighted by Crippen LogP contribution is -3.00. The van der Waals surface area contributed by atoms with Crippen LogP contribution in [-0.2, 0) is 4.79 Å². The van der Waals surface area contributed by atoms with E-state index in [9.17, 15) is 4.79 Å². The molecule has 0 saturated carbocycles. The highest BCUT2D eigenvalue weighted by Gasteiger charge is 2.23. The van der Waals surface area contributed by atoms with E-state index in [4.69, 9.17) is 0 Å². The maximum absolute atomic E-state index is 11.3. The molecule has 4 heteroatoms. The van der Waals surface area contributed by atoms with Crippen LogP contribution in [0.1, 0.15) is 20.3 Å². The molecule has 84 valence electrons. The van der Waals surface area contributed by atoms with Gasteiger partial charge in [-0.15, -0.1) is 0 Å². The number of carbonyl (C=O) groups is 1. The Bertz CT molecular complexity index is 209. The van der Waals surface area contributed by atoms with Crippen molar-refractivity contribution in [1.29, 1.82) is 0 Å². The molecule has 0 radical (unpaired) electrons. The van der Waals surface area contributed by atoms with E-state index < -0.39 is 0 Å². The van der Waals surface area contributed by atoms with Crippen LogP contribution >= 0.6 is 0 Å². The largest absolute Gasteiger partial charge is 1.00 e. The smallest absolute Gasteiger partial charge is 0.250 e. The molecule has 0 aromatic rings. The number of quaternary nitrogens is 1. The molecule has 1 amide bonds. The van der Waals surface area contributed by atoms with Crippen molar-refractivity contribution >= 4 is 5.91 Å². The Balaban J connectivity index is 0. The van der Waals surface area contributed by atoms with Crippen molar-refractivity contribution in [1.82, 2.24) is 5.32 Å². The van der Waals surface area contributed by atoms with E-state index in [2.05, 4.69) is 40.0 Å². The summed E-state index contributed by atoms with van der Waals surface area (Å²) in [5.41, 5.74) is 0.562. The van der Waals surface area contributed by atoms with Crippen molar-refractivity contribution in [3.63, 3.8) is 0 Å². The lowest BCUT2D eigenvalue weighted by atomic mass is 10.2. The molecule has 0 fully saturated rings. The van der Waals surface area contributed by atoms with E-state index in [0.29, 0.717) is 5.57 Å². The molecule has 0 bridgehead atoms. The number of nitrogens with zero attached hydrogens (tertiary/aromatic N) is 1. The Labute approximate surface area is 85.7 Å². The van der Waals surface area contributed by atoms with Gasteiger partial charge in [0.1, 0.15) is 0 Å². The van der Waals surface area contributed by atoms with Gasteiger partial charge in [0.25, 0.3) is 5.91 Å².